The summed E-state index contributed by atoms with van der Waals surface area (Å²) in [5, 5.41) is 6.78. The van der Waals surface area contributed by atoms with Crippen LogP contribution in [0, 0.1) is 11.7 Å². The summed E-state index contributed by atoms with van der Waals surface area (Å²) in [6.07, 6.45) is 2.01. The topological polar surface area (TPSA) is 48.9 Å². The lowest BCUT2D eigenvalue weighted by Crippen LogP contribution is -2.44. The Kier molecular flexibility index (Phi) is 7.07. The van der Waals surface area contributed by atoms with Crippen LogP contribution in [0.5, 0.6) is 0 Å². The predicted octanol–water partition coefficient (Wildman–Crippen LogP) is 2.38. The Balaban J connectivity index is 1.53. The molecular weight excluding hydrogens is 343 g/mol. The van der Waals surface area contributed by atoms with Crippen LogP contribution < -0.4 is 10.6 Å². The number of nitrogens with one attached hydrogen (secondary N) is 2. The van der Waals surface area contributed by atoms with Gasteiger partial charge in [0.25, 0.3) is 0 Å². The number of morpholine rings is 1. The van der Waals surface area contributed by atoms with Crippen molar-refractivity contribution in [1.82, 2.24) is 15.5 Å². The molecule has 2 aliphatic rings. The molecule has 0 amide bonds. The summed E-state index contributed by atoms with van der Waals surface area (Å²) in [4.78, 5) is 7.23. The van der Waals surface area contributed by atoms with Crippen molar-refractivity contribution < 1.29 is 9.13 Å². The molecule has 0 aromatic heterocycles. The number of nitrogens with zero attached hydrogens (tertiary/aromatic N) is 2. The van der Waals surface area contributed by atoms with Crippen molar-refractivity contribution in [3.63, 3.8) is 0 Å². The third-order valence-corrected chi connectivity index (χ3v) is 5.47. The SMILES string of the molecule is CCNC(=NCC1(c2ccccc2F)CC1)NCC(C)CN1CCOCC1. The number of rotatable bonds is 8. The fraction of sp³-hybridized carbons (Fsp3) is 0.667. The number of ether oxygens (including phenoxy) is 1. The first-order chi connectivity index (χ1) is 13.1. The van der Waals surface area contributed by atoms with Crippen molar-refractivity contribution in [3.05, 3.63) is 35.6 Å². The van der Waals surface area contributed by atoms with Crippen LogP contribution in [0.3, 0.4) is 0 Å². The summed E-state index contributed by atoms with van der Waals surface area (Å²) in [6.45, 7) is 11.4. The number of guanidine groups is 1. The van der Waals surface area contributed by atoms with Crippen molar-refractivity contribution >= 4 is 5.96 Å². The average Bonchev–Trinajstić information content (AvgIpc) is 3.46. The fourth-order valence-corrected chi connectivity index (χ4v) is 3.69. The molecule has 2 fully saturated rings. The second kappa shape index (κ2) is 9.51. The number of aliphatic imine (C=N–C) groups is 1. The van der Waals surface area contributed by atoms with Crippen LogP contribution in [0.25, 0.3) is 0 Å². The molecule has 1 aromatic rings. The lowest BCUT2D eigenvalue weighted by atomic mass is 9.95. The van der Waals surface area contributed by atoms with Crippen LogP contribution in [-0.4, -0.2) is 63.3 Å². The molecule has 6 heteroatoms. The highest BCUT2D eigenvalue weighted by Gasteiger charge is 2.45. The molecule has 3 rings (SSSR count). The Bertz CT molecular complexity index is 626. The van der Waals surface area contributed by atoms with Gasteiger partial charge in [0.2, 0.25) is 0 Å². The summed E-state index contributed by atoms with van der Waals surface area (Å²) in [7, 11) is 0. The highest BCUT2D eigenvalue weighted by Crippen LogP contribution is 2.49. The standard InChI is InChI=1S/C21H33FN4O/c1-3-23-20(24-14-17(2)15-26-10-12-27-13-11-26)25-16-21(8-9-21)18-6-4-5-7-19(18)22/h4-7,17H,3,8-16H2,1-2H3,(H2,23,24,25). The maximum absolute atomic E-state index is 14.2. The Morgan fingerprint density at radius 1 is 1.26 bits per heavy atom. The van der Waals surface area contributed by atoms with Gasteiger partial charge in [0.1, 0.15) is 5.82 Å². The van der Waals surface area contributed by atoms with Gasteiger partial charge in [-0.1, -0.05) is 25.1 Å². The van der Waals surface area contributed by atoms with E-state index >= 15 is 0 Å². The highest BCUT2D eigenvalue weighted by molar-refractivity contribution is 5.79. The van der Waals surface area contributed by atoms with Gasteiger partial charge in [-0.3, -0.25) is 9.89 Å². The maximum atomic E-state index is 14.2. The van der Waals surface area contributed by atoms with Gasteiger partial charge in [-0.05, 0) is 37.3 Å². The van der Waals surface area contributed by atoms with Crippen molar-refractivity contribution in [2.75, 3.05) is 52.5 Å². The van der Waals surface area contributed by atoms with Gasteiger partial charge >= 0.3 is 0 Å². The zero-order valence-electron chi connectivity index (χ0n) is 16.6. The zero-order valence-corrected chi connectivity index (χ0v) is 16.6. The van der Waals surface area contributed by atoms with E-state index in [4.69, 9.17) is 9.73 Å². The van der Waals surface area contributed by atoms with Gasteiger partial charge in [0.05, 0.1) is 19.8 Å². The van der Waals surface area contributed by atoms with Crippen molar-refractivity contribution in [2.45, 2.75) is 32.1 Å². The van der Waals surface area contributed by atoms with Crippen LogP contribution >= 0.6 is 0 Å². The largest absolute Gasteiger partial charge is 0.379 e. The van der Waals surface area contributed by atoms with E-state index < -0.39 is 0 Å². The highest BCUT2D eigenvalue weighted by atomic mass is 19.1. The molecule has 5 nitrogen and oxygen atoms in total. The normalized spacial score (nSPS) is 20.9. The molecular formula is C21H33FN4O. The number of benzene rings is 1. The molecule has 1 aromatic carbocycles. The van der Waals surface area contributed by atoms with E-state index in [-0.39, 0.29) is 11.2 Å². The molecule has 0 radical (unpaired) electrons. The number of hydrogen-bond donors (Lipinski definition) is 2. The first kappa shape index (κ1) is 20.1. The smallest absolute Gasteiger partial charge is 0.191 e. The Morgan fingerprint density at radius 2 is 2.00 bits per heavy atom. The predicted molar refractivity (Wildman–Crippen MR) is 108 cm³/mol. The molecule has 1 aliphatic heterocycles. The van der Waals surface area contributed by atoms with Gasteiger partial charge in [-0.15, -0.1) is 0 Å². The van der Waals surface area contributed by atoms with E-state index in [1.165, 1.54) is 0 Å². The Hall–Kier alpha value is -1.66. The second-order valence-electron chi connectivity index (χ2n) is 7.85. The minimum Gasteiger partial charge on any atom is -0.379 e. The summed E-state index contributed by atoms with van der Waals surface area (Å²) >= 11 is 0. The summed E-state index contributed by atoms with van der Waals surface area (Å²) in [5.41, 5.74) is 0.693. The molecule has 1 aliphatic carbocycles. The van der Waals surface area contributed by atoms with Crippen LogP contribution in [0.4, 0.5) is 4.39 Å². The minimum atomic E-state index is -0.118. The molecule has 1 saturated carbocycles. The summed E-state index contributed by atoms with van der Waals surface area (Å²) in [5.74, 6) is 1.24. The lowest BCUT2D eigenvalue weighted by Gasteiger charge is -2.29. The summed E-state index contributed by atoms with van der Waals surface area (Å²) < 4.78 is 19.6. The fourth-order valence-electron chi connectivity index (χ4n) is 3.69. The molecule has 2 N–H and O–H groups in total. The monoisotopic (exact) mass is 376 g/mol. The third kappa shape index (κ3) is 5.66. The van der Waals surface area contributed by atoms with Crippen LogP contribution in [0.15, 0.2) is 29.3 Å². The molecule has 1 saturated heterocycles. The molecule has 1 atom stereocenters. The van der Waals surface area contributed by atoms with E-state index in [2.05, 4.69) is 29.4 Å². The molecule has 0 bridgehead atoms. The van der Waals surface area contributed by atoms with Crippen molar-refractivity contribution in [2.24, 2.45) is 10.9 Å². The minimum absolute atomic E-state index is 0.109. The van der Waals surface area contributed by atoms with Crippen molar-refractivity contribution in [3.8, 4) is 0 Å². The first-order valence-corrected chi connectivity index (χ1v) is 10.2. The second-order valence-corrected chi connectivity index (χ2v) is 7.85. The number of hydrogen-bond acceptors (Lipinski definition) is 3. The van der Waals surface area contributed by atoms with Gasteiger partial charge < -0.3 is 15.4 Å². The van der Waals surface area contributed by atoms with Crippen LogP contribution in [0.1, 0.15) is 32.3 Å². The van der Waals surface area contributed by atoms with E-state index in [1.807, 2.05) is 12.1 Å². The molecule has 1 unspecified atom stereocenters. The Morgan fingerprint density at radius 3 is 2.67 bits per heavy atom. The average molecular weight is 377 g/mol. The Labute approximate surface area is 162 Å². The molecule has 150 valence electrons. The maximum Gasteiger partial charge on any atom is 0.191 e. The molecule has 1 heterocycles. The van der Waals surface area contributed by atoms with Crippen LogP contribution in [0.2, 0.25) is 0 Å². The van der Waals surface area contributed by atoms with Crippen molar-refractivity contribution in [1.29, 1.82) is 0 Å². The summed E-state index contributed by atoms with van der Waals surface area (Å²) in [6, 6.07) is 7.12. The van der Waals surface area contributed by atoms with Gasteiger partial charge in [-0.2, -0.15) is 0 Å². The molecule has 27 heavy (non-hydrogen) atoms. The van der Waals surface area contributed by atoms with E-state index in [9.17, 15) is 4.39 Å². The van der Waals surface area contributed by atoms with Gasteiger partial charge in [0.15, 0.2) is 5.96 Å². The first-order valence-electron chi connectivity index (χ1n) is 10.2. The number of halogens is 1. The molecule has 0 spiro atoms. The lowest BCUT2D eigenvalue weighted by molar-refractivity contribution is 0.0320. The quantitative estimate of drug-likeness (QED) is 0.540. The van der Waals surface area contributed by atoms with Gasteiger partial charge in [0, 0.05) is 38.1 Å². The zero-order chi connectivity index (χ0) is 19.1. The van der Waals surface area contributed by atoms with Gasteiger partial charge in [-0.25, -0.2) is 4.39 Å². The third-order valence-electron chi connectivity index (χ3n) is 5.47. The van der Waals surface area contributed by atoms with E-state index in [0.29, 0.717) is 12.5 Å². The van der Waals surface area contributed by atoms with E-state index in [0.717, 1.165) is 70.3 Å². The van der Waals surface area contributed by atoms with Crippen LogP contribution in [-0.2, 0) is 10.2 Å². The van der Waals surface area contributed by atoms with E-state index in [1.54, 1.807) is 12.1 Å².